The average Bonchev–Trinajstić information content (AvgIpc) is 2.90. The molecule has 1 aliphatic heterocycles. The van der Waals surface area contributed by atoms with Gasteiger partial charge in [-0.05, 0) is 18.6 Å². The number of ether oxygens (including phenoxy) is 1. The molecule has 18 heavy (non-hydrogen) atoms. The number of nitrogens with one attached hydrogen (secondary N) is 1. The van der Waals surface area contributed by atoms with Crippen LogP contribution in [0.2, 0.25) is 0 Å². The van der Waals surface area contributed by atoms with Crippen LogP contribution in [-0.4, -0.2) is 29.5 Å². The number of carbonyl (C=O) groups excluding carboxylic acids is 1. The summed E-state index contributed by atoms with van der Waals surface area (Å²) in [6.45, 7) is 2.70. The summed E-state index contributed by atoms with van der Waals surface area (Å²) < 4.78 is 5.66. The van der Waals surface area contributed by atoms with Crippen molar-refractivity contribution in [3.05, 3.63) is 30.3 Å². The van der Waals surface area contributed by atoms with Gasteiger partial charge in [-0.25, -0.2) is 0 Å². The first-order valence-electron chi connectivity index (χ1n) is 5.99. The van der Waals surface area contributed by atoms with Crippen molar-refractivity contribution < 1.29 is 9.53 Å². The van der Waals surface area contributed by atoms with Gasteiger partial charge in [0.15, 0.2) is 11.3 Å². The van der Waals surface area contributed by atoms with E-state index in [4.69, 9.17) is 4.74 Å². The molecular weight excluding hydrogens is 248 g/mol. The lowest BCUT2D eigenvalue weighted by Gasteiger charge is -2.16. The molecule has 0 fully saturated rings. The minimum Gasteiger partial charge on any atom is -0.481 e. The summed E-state index contributed by atoms with van der Waals surface area (Å²) in [6, 6.07) is 9.38. The third-order valence-electron chi connectivity index (χ3n) is 2.50. The molecule has 1 aromatic rings. The van der Waals surface area contributed by atoms with Gasteiger partial charge in [-0.2, -0.15) is 0 Å². The highest BCUT2D eigenvalue weighted by Gasteiger charge is 2.20. The minimum atomic E-state index is -0.476. The predicted molar refractivity (Wildman–Crippen MR) is 74.1 cm³/mol. The highest BCUT2D eigenvalue weighted by atomic mass is 32.2. The molecule has 1 heterocycles. The molecule has 1 atom stereocenters. The van der Waals surface area contributed by atoms with Crippen molar-refractivity contribution in [3.63, 3.8) is 0 Å². The highest BCUT2D eigenvalue weighted by Crippen LogP contribution is 2.14. The SMILES string of the molecule is CC[C@@H](Oc1ccccc1)C(=O)NC1=NCCS1. The number of para-hydroxylation sites is 1. The zero-order chi connectivity index (χ0) is 12.8. The van der Waals surface area contributed by atoms with Crippen LogP contribution < -0.4 is 10.1 Å². The number of amides is 1. The summed E-state index contributed by atoms with van der Waals surface area (Å²) in [6.07, 6.45) is 0.148. The van der Waals surface area contributed by atoms with Crippen LogP contribution in [0.5, 0.6) is 5.75 Å². The van der Waals surface area contributed by atoms with Gasteiger partial charge in [-0.3, -0.25) is 9.79 Å². The van der Waals surface area contributed by atoms with Gasteiger partial charge in [0, 0.05) is 5.75 Å². The molecule has 0 bridgehead atoms. The predicted octanol–water partition coefficient (Wildman–Crippen LogP) is 2.06. The van der Waals surface area contributed by atoms with E-state index in [1.54, 1.807) is 11.8 Å². The van der Waals surface area contributed by atoms with Crippen molar-refractivity contribution in [1.29, 1.82) is 0 Å². The molecule has 0 aliphatic carbocycles. The van der Waals surface area contributed by atoms with E-state index in [0.29, 0.717) is 17.3 Å². The third-order valence-corrected chi connectivity index (χ3v) is 3.39. The lowest BCUT2D eigenvalue weighted by Crippen LogP contribution is -2.39. The maximum Gasteiger partial charge on any atom is 0.266 e. The van der Waals surface area contributed by atoms with Gasteiger partial charge in [-0.15, -0.1) is 0 Å². The number of amidine groups is 1. The fourth-order valence-electron chi connectivity index (χ4n) is 1.58. The maximum absolute atomic E-state index is 12.0. The van der Waals surface area contributed by atoms with Gasteiger partial charge in [0.25, 0.3) is 5.91 Å². The fourth-order valence-corrected chi connectivity index (χ4v) is 2.31. The second-order valence-electron chi connectivity index (χ2n) is 3.85. The molecule has 1 aliphatic rings. The summed E-state index contributed by atoms with van der Waals surface area (Å²) in [4.78, 5) is 16.2. The van der Waals surface area contributed by atoms with Crippen LogP contribution in [0.4, 0.5) is 0 Å². The van der Waals surface area contributed by atoms with Crippen molar-refractivity contribution in [2.45, 2.75) is 19.4 Å². The Morgan fingerprint density at radius 2 is 2.28 bits per heavy atom. The monoisotopic (exact) mass is 264 g/mol. The largest absolute Gasteiger partial charge is 0.481 e. The van der Waals surface area contributed by atoms with Crippen LogP contribution in [0.25, 0.3) is 0 Å². The Bertz CT molecular complexity index is 434. The normalized spacial score (nSPS) is 15.9. The van der Waals surface area contributed by atoms with E-state index in [-0.39, 0.29) is 5.91 Å². The molecule has 1 amide bonds. The van der Waals surface area contributed by atoms with Crippen molar-refractivity contribution >= 4 is 22.8 Å². The van der Waals surface area contributed by atoms with Crippen molar-refractivity contribution in [2.24, 2.45) is 4.99 Å². The molecule has 1 N–H and O–H groups in total. The summed E-state index contributed by atoms with van der Waals surface area (Å²) >= 11 is 1.57. The zero-order valence-electron chi connectivity index (χ0n) is 10.3. The van der Waals surface area contributed by atoms with Crippen LogP contribution in [0.3, 0.4) is 0 Å². The number of rotatable bonds is 4. The molecule has 0 spiro atoms. The second-order valence-corrected chi connectivity index (χ2v) is 4.94. The highest BCUT2D eigenvalue weighted by molar-refractivity contribution is 8.14. The van der Waals surface area contributed by atoms with Gasteiger partial charge in [0.05, 0.1) is 6.54 Å². The molecule has 96 valence electrons. The number of hydrogen-bond acceptors (Lipinski definition) is 4. The standard InChI is InChI=1S/C13H16N2O2S/c1-2-11(17-10-6-4-3-5-7-10)12(16)15-13-14-8-9-18-13/h3-7,11H,2,8-9H2,1H3,(H,14,15,16)/t11-/m1/s1. The van der Waals surface area contributed by atoms with E-state index < -0.39 is 6.10 Å². The smallest absolute Gasteiger partial charge is 0.266 e. The van der Waals surface area contributed by atoms with E-state index in [1.807, 2.05) is 37.3 Å². The maximum atomic E-state index is 12.0. The number of carbonyl (C=O) groups is 1. The molecule has 0 radical (unpaired) electrons. The Balaban J connectivity index is 1.93. The number of benzene rings is 1. The van der Waals surface area contributed by atoms with Gasteiger partial charge >= 0.3 is 0 Å². The second kappa shape index (κ2) is 6.44. The molecule has 0 unspecified atom stereocenters. The summed E-state index contributed by atoms with van der Waals surface area (Å²) in [5.74, 6) is 1.52. The molecule has 1 aromatic carbocycles. The van der Waals surface area contributed by atoms with Gasteiger partial charge < -0.3 is 10.1 Å². The van der Waals surface area contributed by atoms with E-state index in [0.717, 1.165) is 12.3 Å². The topological polar surface area (TPSA) is 50.7 Å². The lowest BCUT2D eigenvalue weighted by atomic mass is 10.2. The summed E-state index contributed by atoms with van der Waals surface area (Å²) in [5.41, 5.74) is 0. The van der Waals surface area contributed by atoms with Crippen LogP contribution in [-0.2, 0) is 4.79 Å². The van der Waals surface area contributed by atoms with E-state index in [2.05, 4.69) is 10.3 Å². The Hall–Kier alpha value is -1.49. The van der Waals surface area contributed by atoms with E-state index in [1.165, 1.54) is 0 Å². The van der Waals surface area contributed by atoms with Crippen LogP contribution in [0.1, 0.15) is 13.3 Å². The average molecular weight is 264 g/mol. The van der Waals surface area contributed by atoms with Crippen molar-refractivity contribution in [1.82, 2.24) is 5.32 Å². The van der Waals surface area contributed by atoms with Gasteiger partial charge in [0.2, 0.25) is 0 Å². The Morgan fingerprint density at radius 3 is 2.89 bits per heavy atom. The molecule has 0 saturated carbocycles. The van der Waals surface area contributed by atoms with Gasteiger partial charge in [0.1, 0.15) is 5.75 Å². The zero-order valence-corrected chi connectivity index (χ0v) is 11.1. The van der Waals surface area contributed by atoms with E-state index >= 15 is 0 Å². The molecule has 2 rings (SSSR count). The molecule has 4 nitrogen and oxygen atoms in total. The first kappa shape index (κ1) is 13.0. The molecular formula is C13H16N2O2S. The molecule has 0 saturated heterocycles. The van der Waals surface area contributed by atoms with Gasteiger partial charge in [-0.1, -0.05) is 36.9 Å². The Morgan fingerprint density at radius 1 is 1.50 bits per heavy atom. The fraction of sp³-hybridized carbons (Fsp3) is 0.385. The molecule has 0 aromatic heterocycles. The number of hydrogen-bond donors (Lipinski definition) is 1. The Labute approximate surface area is 111 Å². The summed E-state index contributed by atoms with van der Waals surface area (Å²) in [5, 5.41) is 3.50. The number of thioether (sulfide) groups is 1. The Kier molecular flexibility index (Phi) is 4.64. The summed E-state index contributed by atoms with van der Waals surface area (Å²) in [7, 11) is 0. The lowest BCUT2D eigenvalue weighted by molar-refractivity contribution is -0.126. The van der Waals surface area contributed by atoms with Crippen LogP contribution in [0, 0.1) is 0 Å². The quantitative estimate of drug-likeness (QED) is 0.905. The number of nitrogens with zero attached hydrogens (tertiary/aromatic N) is 1. The van der Waals surface area contributed by atoms with E-state index in [9.17, 15) is 4.79 Å². The minimum absolute atomic E-state index is 0.130. The van der Waals surface area contributed by atoms with Crippen molar-refractivity contribution in [3.8, 4) is 5.75 Å². The third kappa shape index (κ3) is 3.50. The first-order chi connectivity index (χ1) is 8.79. The first-order valence-corrected chi connectivity index (χ1v) is 6.98. The van der Waals surface area contributed by atoms with Crippen molar-refractivity contribution in [2.75, 3.05) is 12.3 Å². The van der Waals surface area contributed by atoms with Crippen LogP contribution in [0.15, 0.2) is 35.3 Å². The molecule has 5 heteroatoms. The number of aliphatic imine (C=N–C) groups is 1. The van der Waals surface area contributed by atoms with Crippen LogP contribution >= 0.6 is 11.8 Å².